The Bertz CT molecular complexity index is 874. The van der Waals surface area contributed by atoms with Crippen LogP contribution in [-0.2, 0) is 0 Å². The molecule has 26 heavy (non-hydrogen) atoms. The maximum atomic E-state index is 8.75. The van der Waals surface area contributed by atoms with E-state index in [0.29, 0.717) is 10.6 Å². The Morgan fingerprint density at radius 1 is 1.12 bits per heavy atom. The van der Waals surface area contributed by atoms with Gasteiger partial charge in [0.25, 0.3) is 0 Å². The maximum Gasteiger partial charge on any atom is 0.236 e. The quantitative estimate of drug-likeness (QED) is 0.500. The van der Waals surface area contributed by atoms with Gasteiger partial charge in [-0.1, -0.05) is 41.9 Å². The molecule has 0 saturated heterocycles. The average Bonchev–Trinajstić information content (AvgIpc) is 2.67. The second kappa shape index (κ2) is 9.77. The van der Waals surface area contributed by atoms with Crippen molar-refractivity contribution >= 4 is 36.1 Å². The monoisotopic (exact) mass is 364 g/mol. The minimum absolute atomic E-state index is 0.151. The number of nitrogens with zero attached hydrogens (tertiary/aromatic N) is 5. The summed E-state index contributed by atoms with van der Waals surface area (Å²) in [5.74, 6) is 0.151. The van der Waals surface area contributed by atoms with Crippen LogP contribution in [0.2, 0.25) is 5.02 Å². The van der Waals surface area contributed by atoms with Crippen molar-refractivity contribution in [2.75, 3.05) is 7.05 Å². The van der Waals surface area contributed by atoms with Crippen LogP contribution < -0.4 is 5.73 Å². The fraction of sp³-hybridized carbons (Fsp3) is 0.0526. The minimum atomic E-state index is 0.151. The standard InChI is InChI=1S/C19H17ClN6/c1-26(24-14-17-8-10-18(20)11-9-17)19(22)25-23-12-2-3-15-4-6-16(13-21)7-5-15/h2-12,14H,1H3,(H2,22,25). The van der Waals surface area contributed by atoms with E-state index < -0.39 is 0 Å². The molecular weight excluding hydrogens is 348 g/mol. The molecule has 2 rings (SSSR count). The predicted molar refractivity (Wildman–Crippen MR) is 107 cm³/mol. The molecule has 130 valence electrons. The number of nitrogens with two attached hydrogens (primary N) is 1. The molecule has 0 aromatic heterocycles. The molecule has 6 nitrogen and oxygen atoms in total. The number of hydrogen-bond donors (Lipinski definition) is 1. The average molecular weight is 365 g/mol. The van der Waals surface area contributed by atoms with Gasteiger partial charge in [-0.05, 0) is 41.5 Å². The molecule has 0 fully saturated rings. The molecule has 2 aromatic carbocycles. The summed E-state index contributed by atoms with van der Waals surface area (Å²) in [4.78, 5) is 0. The number of halogens is 1. The Kier molecular flexibility index (Phi) is 7.10. The van der Waals surface area contributed by atoms with Gasteiger partial charge >= 0.3 is 0 Å². The highest BCUT2D eigenvalue weighted by molar-refractivity contribution is 6.30. The topological polar surface area (TPSA) is 90.1 Å². The van der Waals surface area contributed by atoms with Crippen molar-refractivity contribution in [3.63, 3.8) is 0 Å². The summed E-state index contributed by atoms with van der Waals surface area (Å²) in [6, 6.07) is 16.5. The second-order valence-electron chi connectivity index (χ2n) is 5.14. The van der Waals surface area contributed by atoms with Gasteiger partial charge in [0, 0.05) is 18.3 Å². The first-order valence-electron chi connectivity index (χ1n) is 7.65. The van der Waals surface area contributed by atoms with Gasteiger partial charge < -0.3 is 5.73 Å². The zero-order valence-corrected chi connectivity index (χ0v) is 14.9. The van der Waals surface area contributed by atoms with E-state index in [1.165, 1.54) is 11.2 Å². The van der Waals surface area contributed by atoms with Gasteiger partial charge in [-0.3, -0.25) is 0 Å². The van der Waals surface area contributed by atoms with Crippen molar-refractivity contribution in [1.29, 1.82) is 5.26 Å². The molecule has 0 aliphatic carbocycles. The van der Waals surface area contributed by atoms with Crippen LogP contribution in [0, 0.1) is 11.3 Å². The lowest BCUT2D eigenvalue weighted by Crippen LogP contribution is -2.29. The number of hydrogen-bond acceptors (Lipinski definition) is 4. The van der Waals surface area contributed by atoms with E-state index in [4.69, 9.17) is 22.6 Å². The Morgan fingerprint density at radius 3 is 2.42 bits per heavy atom. The summed E-state index contributed by atoms with van der Waals surface area (Å²) in [5, 5.41) is 22.8. The van der Waals surface area contributed by atoms with Crippen LogP contribution in [0.5, 0.6) is 0 Å². The largest absolute Gasteiger partial charge is 0.367 e. The van der Waals surface area contributed by atoms with E-state index in [1.54, 1.807) is 43.6 Å². The smallest absolute Gasteiger partial charge is 0.236 e. The van der Waals surface area contributed by atoms with Gasteiger partial charge in [0.2, 0.25) is 5.96 Å². The summed E-state index contributed by atoms with van der Waals surface area (Å²) < 4.78 is 0. The zero-order valence-electron chi connectivity index (χ0n) is 14.1. The van der Waals surface area contributed by atoms with Gasteiger partial charge in [0.15, 0.2) is 0 Å². The summed E-state index contributed by atoms with van der Waals surface area (Å²) in [5.41, 5.74) is 8.27. The molecule has 0 radical (unpaired) electrons. The lowest BCUT2D eigenvalue weighted by atomic mass is 10.1. The van der Waals surface area contributed by atoms with Crippen molar-refractivity contribution < 1.29 is 0 Å². The van der Waals surface area contributed by atoms with Gasteiger partial charge in [-0.25, -0.2) is 5.01 Å². The van der Waals surface area contributed by atoms with Crippen molar-refractivity contribution in [3.05, 3.63) is 76.3 Å². The van der Waals surface area contributed by atoms with Crippen LogP contribution >= 0.6 is 11.6 Å². The molecule has 2 N–H and O–H groups in total. The molecule has 0 bridgehead atoms. The summed E-state index contributed by atoms with van der Waals surface area (Å²) in [6.07, 6.45) is 6.74. The van der Waals surface area contributed by atoms with E-state index in [2.05, 4.69) is 21.4 Å². The normalized spacial score (nSPS) is 12.1. The van der Waals surface area contributed by atoms with Gasteiger partial charge in [-0.15, -0.1) is 5.10 Å². The number of benzene rings is 2. The van der Waals surface area contributed by atoms with E-state index in [0.717, 1.165) is 11.1 Å². The van der Waals surface area contributed by atoms with Crippen LogP contribution in [0.1, 0.15) is 16.7 Å². The molecule has 2 aromatic rings. The molecule has 0 atom stereocenters. The number of nitriles is 1. The number of allylic oxidation sites excluding steroid dienone is 1. The molecule has 7 heteroatoms. The lowest BCUT2D eigenvalue weighted by Gasteiger charge is -2.09. The Labute approximate surface area is 157 Å². The molecular formula is C19H17ClN6. The second-order valence-corrected chi connectivity index (χ2v) is 5.57. The first-order chi connectivity index (χ1) is 12.6. The van der Waals surface area contributed by atoms with Crippen molar-refractivity contribution in [2.24, 2.45) is 21.0 Å². The molecule has 0 unspecified atom stereocenters. The summed E-state index contributed by atoms with van der Waals surface area (Å²) in [6.45, 7) is 0. The van der Waals surface area contributed by atoms with E-state index in [-0.39, 0.29) is 5.96 Å². The van der Waals surface area contributed by atoms with Crippen molar-refractivity contribution in [1.82, 2.24) is 5.01 Å². The third-order valence-electron chi connectivity index (χ3n) is 3.22. The fourth-order valence-electron chi connectivity index (χ4n) is 1.78. The lowest BCUT2D eigenvalue weighted by molar-refractivity contribution is 0.538. The van der Waals surface area contributed by atoms with Gasteiger partial charge in [0.1, 0.15) is 0 Å². The maximum absolute atomic E-state index is 8.75. The van der Waals surface area contributed by atoms with Gasteiger partial charge in [0.05, 0.1) is 17.8 Å². The number of hydrazone groups is 1. The Morgan fingerprint density at radius 2 is 1.77 bits per heavy atom. The third kappa shape index (κ3) is 6.23. The third-order valence-corrected chi connectivity index (χ3v) is 3.47. The van der Waals surface area contributed by atoms with Crippen molar-refractivity contribution in [3.8, 4) is 6.07 Å². The van der Waals surface area contributed by atoms with Gasteiger partial charge in [-0.2, -0.15) is 15.5 Å². The SMILES string of the molecule is CN(N=Cc1ccc(Cl)cc1)C(N)=NN=CC=Cc1ccc(C#N)cc1. The first-order valence-corrected chi connectivity index (χ1v) is 8.03. The fourth-order valence-corrected chi connectivity index (χ4v) is 1.91. The van der Waals surface area contributed by atoms with E-state index >= 15 is 0 Å². The molecule has 0 amide bonds. The summed E-state index contributed by atoms with van der Waals surface area (Å²) in [7, 11) is 1.67. The molecule has 0 saturated carbocycles. The van der Waals surface area contributed by atoms with Crippen LogP contribution in [0.4, 0.5) is 0 Å². The summed E-state index contributed by atoms with van der Waals surface area (Å²) >= 11 is 5.83. The highest BCUT2D eigenvalue weighted by Gasteiger charge is 1.97. The first kappa shape index (κ1) is 18.9. The number of rotatable bonds is 5. The Hall–Kier alpha value is -3.43. The predicted octanol–water partition coefficient (Wildman–Crippen LogP) is 3.49. The van der Waals surface area contributed by atoms with E-state index in [9.17, 15) is 0 Å². The Balaban J connectivity index is 1.89. The van der Waals surface area contributed by atoms with Crippen LogP contribution in [0.3, 0.4) is 0 Å². The highest BCUT2D eigenvalue weighted by Crippen LogP contribution is 2.08. The van der Waals surface area contributed by atoms with Crippen molar-refractivity contribution in [2.45, 2.75) is 0 Å². The minimum Gasteiger partial charge on any atom is -0.367 e. The molecule has 0 aliphatic heterocycles. The zero-order chi connectivity index (χ0) is 18.8. The molecule has 0 spiro atoms. The number of guanidine groups is 1. The highest BCUT2D eigenvalue weighted by atomic mass is 35.5. The van der Waals surface area contributed by atoms with Crippen LogP contribution in [0.15, 0.2) is 69.9 Å². The van der Waals surface area contributed by atoms with E-state index in [1.807, 2.05) is 30.3 Å². The molecule has 0 heterocycles. The van der Waals surface area contributed by atoms with Crippen LogP contribution in [0.25, 0.3) is 6.08 Å². The molecule has 0 aliphatic rings. The van der Waals surface area contributed by atoms with Crippen LogP contribution in [-0.4, -0.2) is 30.4 Å².